The first-order chi connectivity index (χ1) is 11.4. The SMILES string of the molecule is O=S(=O)(c1ccc(F)cc1)N1CCN(c2ccc(F)c(Cl)c2)CC1. The minimum atomic E-state index is -3.65. The van der Waals surface area contributed by atoms with Gasteiger partial charge in [0, 0.05) is 31.9 Å². The molecule has 0 aliphatic carbocycles. The molecule has 0 aromatic heterocycles. The van der Waals surface area contributed by atoms with Crippen molar-refractivity contribution in [2.45, 2.75) is 4.90 Å². The predicted molar refractivity (Wildman–Crippen MR) is 88.8 cm³/mol. The number of hydrogen-bond donors (Lipinski definition) is 0. The molecule has 3 rings (SSSR count). The first-order valence-corrected chi connectivity index (χ1v) is 9.15. The molecule has 0 amide bonds. The molecular formula is C16H15ClF2N2O2S. The van der Waals surface area contributed by atoms with Crippen molar-refractivity contribution in [1.29, 1.82) is 0 Å². The summed E-state index contributed by atoms with van der Waals surface area (Å²) in [6.45, 7) is 1.49. The van der Waals surface area contributed by atoms with Gasteiger partial charge in [0.05, 0.1) is 9.92 Å². The van der Waals surface area contributed by atoms with Gasteiger partial charge in [0.2, 0.25) is 10.0 Å². The zero-order chi connectivity index (χ0) is 17.3. The Labute approximate surface area is 144 Å². The van der Waals surface area contributed by atoms with E-state index in [-0.39, 0.29) is 23.0 Å². The highest BCUT2D eigenvalue weighted by atomic mass is 35.5. The fourth-order valence-electron chi connectivity index (χ4n) is 2.62. The molecule has 0 unspecified atom stereocenters. The summed E-state index contributed by atoms with van der Waals surface area (Å²) in [4.78, 5) is 2.02. The average molecular weight is 373 g/mol. The number of rotatable bonds is 3. The number of benzene rings is 2. The zero-order valence-corrected chi connectivity index (χ0v) is 14.2. The molecule has 24 heavy (non-hydrogen) atoms. The molecule has 1 heterocycles. The third-order valence-electron chi connectivity index (χ3n) is 3.96. The monoisotopic (exact) mass is 372 g/mol. The van der Waals surface area contributed by atoms with Crippen molar-refractivity contribution in [1.82, 2.24) is 4.31 Å². The average Bonchev–Trinajstić information content (AvgIpc) is 2.58. The molecule has 2 aromatic carbocycles. The van der Waals surface area contributed by atoms with Crippen LogP contribution < -0.4 is 4.90 Å². The number of hydrogen-bond acceptors (Lipinski definition) is 3. The summed E-state index contributed by atoms with van der Waals surface area (Å²) in [5, 5.41) is 0.0360. The maximum Gasteiger partial charge on any atom is 0.243 e. The van der Waals surface area contributed by atoms with E-state index in [0.29, 0.717) is 13.1 Å². The Morgan fingerprint density at radius 1 is 0.917 bits per heavy atom. The highest BCUT2D eigenvalue weighted by Crippen LogP contribution is 2.25. The van der Waals surface area contributed by atoms with Gasteiger partial charge in [-0.15, -0.1) is 0 Å². The van der Waals surface area contributed by atoms with E-state index in [0.717, 1.165) is 17.8 Å². The van der Waals surface area contributed by atoms with Gasteiger partial charge >= 0.3 is 0 Å². The summed E-state index contributed by atoms with van der Waals surface area (Å²) in [6.07, 6.45) is 0. The lowest BCUT2D eigenvalue weighted by atomic mass is 10.2. The molecule has 2 aromatic rings. The Balaban J connectivity index is 1.72. The molecule has 0 spiro atoms. The standard InChI is InChI=1S/C16H15ClF2N2O2S/c17-15-11-13(3-6-16(15)19)20-7-9-21(10-8-20)24(22,23)14-4-1-12(18)2-5-14/h1-6,11H,7-10H2. The molecule has 0 saturated carbocycles. The van der Waals surface area contributed by atoms with Crippen molar-refractivity contribution in [2.75, 3.05) is 31.1 Å². The maximum absolute atomic E-state index is 13.2. The van der Waals surface area contributed by atoms with Crippen molar-refractivity contribution in [2.24, 2.45) is 0 Å². The highest BCUT2D eigenvalue weighted by Gasteiger charge is 2.28. The zero-order valence-electron chi connectivity index (χ0n) is 12.6. The van der Waals surface area contributed by atoms with Crippen LogP contribution in [-0.4, -0.2) is 38.9 Å². The molecule has 1 saturated heterocycles. The molecule has 1 aliphatic rings. The van der Waals surface area contributed by atoms with Gasteiger partial charge in [-0.3, -0.25) is 0 Å². The van der Waals surface area contributed by atoms with E-state index in [4.69, 9.17) is 11.6 Å². The molecule has 8 heteroatoms. The maximum atomic E-state index is 13.2. The van der Waals surface area contributed by atoms with Crippen LogP contribution in [0.2, 0.25) is 5.02 Å². The van der Waals surface area contributed by atoms with Gasteiger partial charge in [-0.05, 0) is 42.5 Å². The lowest BCUT2D eigenvalue weighted by Crippen LogP contribution is -2.48. The number of sulfonamides is 1. The number of nitrogens with zero attached hydrogens (tertiary/aromatic N) is 2. The minimum absolute atomic E-state index is 0.0360. The Hall–Kier alpha value is -1.70. The van der Waals surface area contributed by atoms with E-state index in [9.17, 15) is 17.2 Å². The van der Waals surface area contributed by atoms with Gasteiger partial charge < -0.3 is 4.90 Å². The molecule has 0 bridgehead atoms. The molecule has 0 N–H and O–H groups in total. The topological polar surface area (TPSA) is 40.6 Å². The van der Waals surface area contributed by atoms with E-state index in [1.165, 1.54) is 28.6 Å². The van der Waals surface area contributed by atoms with Gasteiger partial charge in [0.15, 0.2) is 0 Å². The van der Waals surface area contributed by atoms with Crippen LogP contribution in [0.15, 0.2) is 47.4 Å². The predicted octanol–water partition coefficient (Wildman–Crippen LogP) is 3.13. The van der Waals surface area contributed by atoms with Crippen molar-refractivity contribution < 1.29 is 17.2 Å². The Morgan fingerprint density at radius 2 is 1.54 bits per heavy atom. The van der Waals surface area contributed by atoms with Gasteiger partial charge in [0.1, 0.15) is 11.6 Å². The number of anilines is 1. The molecule has 128 valence electrons. The fraction of sp³-hybridized carbons (Fsp3) is 0.250. The second-order valence-corrected chi connectivity index (χ2v) is 7.79. The van der Waals surface area contributed by atoms with Crippen LogP contribution >= 0.6 is 11.6 Å². The minimum Gasteiger partial charge on any atom is -0.369 e. The Kier molecular flexibility index (Phi) is 4.76. The lowest BCUT2D eigenvalue weighted by Gasteiger charge is -2.35. The van der Waals surface area contributed by atoms with E-state index in [1.807, 2.05) is 4.90 Å². The normalized spacial score (nSPS) is 16.4. The Bertz CT molecular complexity index is 836. The second-order valence-electron chi connectivity index (χ2n) is 5.44. The molecule has 0 radical (unpaired) electrons. The summed E-state index contributed by atoms with van der Waals surface area (Å²) in [5.74, 6) is -0.968. The van der Waals surface area contributed by atoms with Crippen LogP contribution in [0.1, 0.15) is 0 Å². The summed E-state index contributed by atoms with van der Waals surface area (Å²) >= 11 is 5.79. The van der Waals surface area contributed by atoms with Crippen molar-refractivity contribution in [3.8, 4) is 0 Å². The van der Waals surface area contributed by atoms with Gasteiger partial charge in [-0.2, -0.15) is 4.31 Å². The van der Waals surface area contributed by atoms with Crippen LogP contribution in [0.3, 0.4) is 0 Å². The van der Waals surface area contributed by atoms with Crippen LogP contribution in [-0.2, 0) is 10.0 Å². The molecule has 1 aliphatic heterocycles. The quantitative estimate of drug-likeness (QED) is 0.831. The van der Waals surface area contributed by atoms with Gasteiger partial charge in [-0.1, -0.05) is 11.6 Å². The summed E-state index contributed by atoms with van der Waals surface area (Å²) in [5.41, 5.74) is 0.750. The molecule has 1 fully saturated rings. The van der Waals surface area contributed by atoms with E-state index < -0.39 is 21.7 Å². The highest BCUT2D eigenvalue weighted by molar-refractivity contribution is 7.89. The third kappa shape index (κ3) is 3.38. The van der Waals surface area contributed by atoms with Crippen molar-refractivity contribution >= 4 is 27.3 Å². The fourth-order valence-corrected chi connectivity index (χ4v) is 4.22. The van der Waals surface area contributed by atoms with Crippen LogP contribution in [0.4, 0.5) is 14.5 Å². The van der Waals surface area contributed by atoms with Crippen molar-refractivity contribution in [3.05, 3.63) is 59.1 Å². The Morgan fingerprint density at radius 3 is 2.12 bits per heavy atom. The molecule has 0 atom stereocenters. The number of halogens is 3. The van der Waals surface area contributed by atoms with E-state index >= 15 is 0 Å². The van der Waals surface area contributed by atoms with Crippen LogP contribution in [0, 0.1) is 11.6 Å². The molecule has 4 nitrogen and oxygen atoms in total. The number of piperazine rings is 1. The second kappa shape index (κ2) is 6.66. The van der Waals surface area contributed by atoms with Gasteiger partial charge in [-0.25, -0.2) is 17.2 Å². The van der Waals surface area contributed by atoms with E-state index in [1.54, 1.807) is 6.07 Å². The van der Waals surface area contributed by atoms with Crippen LogP contribution in [0.5, 0.6) is 0 Å². The largest absolute Gasteiger partial charge is 0.369 e. The van der Waals surface area contributed by atoms with Crippen LogP contribution in [0.25, 0.3) is 0 Å². The third-order valence-corrected chi connectivity index (χ3v) is 6.16. The van der Waals surface area contributed by atoms with Crippen molar-refractivity contribution in [3.63, 3.8) is 0 Å². The van der Waals surface area contributed by atoms with Gasteiger partial charge in [0.25, 0.3) is 0 Å². The smallest absolute Gasteiger partial charge is 0.243 e. The lowest BCUT2D eigenvalue weighted by molar-refractivity contribution is 0.385. The molecular weight excluding hydrogens is 358 g/mol. The summed E-state index contributed by atoms with van der Waals surface area (Å²) in [7, 11) is -3.65. The summed E-state index contributed by atoms with van der Waals surface area (Å²) in [6, 6.07) is 9.21. The first kappa shape index (κ1) is 17.1. The first-order valence-electron chi connectivity index (χ1n) is 7.33. The summed E-state index contributed by atoms with van der Waals surface area (Å²) < 4.78 is 52.7. The van der Waals surface area contributed by atoms with E-state index in [2.05, 4.69) is 0 Å².